The molecule has 0 saturated carbocycles. The molecule has 0 rings (SSSR count). The van der Waals surface area contributed by atoms with Gasteiger partial charge in [0.1, 0.15) is 6.04 Å². The van der Waals surface area contributed by atoms with E-state index in [1.54, 1.807) is 7.05 Å². The minimum absolute atomic E-state index is 0.0595. The molecule has 0 bridgehead atoms. The van der Waals surface area contributed by atoms with Crippen LogP contribution in [0, 0.1) is 5.92 Å². The first-order valence-electron chi connectivity index (χ1n) is 5.90. The molecule has 0 aliphatic heterocycles. The Labute approximate surface area is 103 Å². The van der Waals surface area contributed by atoms with Crippen LogP contribution >= 0.6 is 0 Å². The summed E-state index contributed by atoms with van der Waals surface area (Å²) in [5.74, 6) is -1.01. The van der Waals surface area contributed by atoms with E-state index in [0.29, 0.717) is 0 Å². The van der Waals surface area contributed by atoms with Gasteiger partial charge in [0.05, 0.1) is 5.60 Å². The summed E-state index contributed by atoms with van der Waals surface area (Å²) in [6.07, 6.45) is -0.492. The zero-order chi connectivity index (χ0) is 13.8. The second-order valence-electron chi connectivity index (χ2n) is 5.39. The Kier molecular flexibility index (Phi) is 6.09. The minimum Gasteiger partial charge on any atom is -0.480 e. The zero-order valence-corrected chi connectivity index (χ0v) is 11.6. The molecule has 5 nitrogen and oxygen atoms in total. The number of hydrogen-bond donors (Lipinski definition) is 2. The van der Waals surface area contributed by atoms with Crippen molar-refractivity contribution in [1.29, 1.82) is 0 Å². The van der Waals surface area contributed by atoms with E-state index < -0.39 is 24.0 Å². The smallest absolute Gasteiger partial charge is 0.321 e. The van der Waals surface area contributed by atoms with Gasteiger partial charge < -0.3 is 14.9 Å². The third-order valence-corrected chi connectivity index (χ3v) is 2.68. The van der Waals surface area contributed by atoms with Crippen molar-refractivity contribution in [3.05, 3.63) is 0 Å². The van der Waals surface area contributed by atoms with Crippen LogP contribution in [0.15, 0.2) is 0 Å². The van der Waals surface area contributed by atoms with Crippen molar-refractivity contribution < 1.29 is 19.7 Å². The largest absolute Gasteiger partial charge is 0.480 e. The summed E-state index contributed by atoms with van der Waals surface area (Å²) in [5, 5.41) is 19.0. The van der Waals surface area contributed by atoms with Crippen LogP contribution in [-0.2, 0) is 9.53 Å². The van der Waals surface area contributed by atoms with Crippen molar-refractivity contribution in [3.8, 4) is 0 Å². The lowest BCUT2D eigenvalue weighted by atomic mass is 9.98. The van der Waals surface area contributed by atoms with Gasteiger partial charge in [0.25, 0.3) is 0 Å². The molecule has 0 amide bonds. The highest BCUT2D eigenvalue weighted by atomic mass is 16.6. The standard InChI is InChI=1S/C12H25NO4/c1-7-8(2)9(10(14)15)13(6)11(16)17-12(3,4)5/h8-9,11,16H,7H2,1-6H3,(H,14,15)/t8?,9-,11?/m0/s1. The molecule has 0 heterocycles. The fraction of sp³-hybridized carbons (Fsp3) is 0.917. The average molecular weight is 247 g/mol. The Morgan fingerprint density at radius 2 is 1.88 bits per heavy atom. The van der Waals surface area contributed by atoms with Crippen LogP contribution in [0.1, 0.15) is 41.0 Å². The molecule has 17 heavy (non-hydrogen) atoms. The second-order valence-corrected chi connectivity index (χ2v) is 5.39. The van der Waals surface area contributed by atoms with Crippen LogP contribution in [0.25, 0.3) is 0 Å². The molecular weight excluding hydrogens is 222 g/mol. The number of aliphatic carboxylic acids is 1. The molecule has 3 atom stereocenters. The summed E-state index contributed by atoms with van der Waals surface area (Å²) < 4.78 is 5.34. The van der Waals surface area contributed by atoms with Gasteiger partial charge in [0, 0.05) is 0 Å². The van der Waals surface area contributed by atoms with Crippen LogP contribution in [0.5, 0.6) is 0 Å². The van der Waals surface area contributed by atoms with E-state index >= 15 is 0 Å². The molecule has 0 fully saturated rings. The van der Waals surface area contributed by atoms with Gasteiger partial charge in [0.2, 0.25) is 6.41 Å². The summed E-state index contributed by atoms with van der Waals surface area (Å²) in [6, 6.07) is -0.752. The molecule has 2 N–H and O–H groups in total. The molecule has 2 unspecified atom stereocenters. The van der Waals surface area contributed by atoms with Gasteiger partial charge in [-0.2, -0.15) is 0 Å². The van der Waals surface area contributed by atoms with Crippen LogP contribution < -0.4 is 0 Å². The maximum Gasteiger partial charge on any atom is 0.321 e. The lowest BCUT2D eigenvalue weighted by molar-refractivity contribution is -0.246. The number of ether oxygens (including phenoxy) is 1. The van der Waals surface area contributed by atoms with Crippen molar-refractivity contribution in [2.75, 3.05) is 7.05 Å². The number of likely N-dealkylation sites (N-methyl/N-ethyl adjacent to an activating group) is 1. The molecule has 0 aliphatic carbocycles. The molecule has 0 aromatic rings. The Hall–Kier alpha value is -0.650. The number of aliphatic hydroxyl groups excluding tert-OH is 1. The first-order chi connectivity index (χ1) is 7.60. The van der Waals surface area contributed by atoms with Crippen LogP contribution in [0.2, 0.25) is 0 Å². The van der Waals surface area contributed by atoms with E-state index in [-0.39, 0.29) is 5.92 Å². The third kappa shape index (κ3) is 5.48. The van der Waals surface area contributed by atoms with Gasteiger partial charge in [0.15, 0.2) is 0 Å². The number of carboxylic acids is 1. The summed E-state index contributed by atoms with van der Waals surface area (Å²) in [5.41, 5.74) is -0.522. The van der Waals surface area contributed by atoms with Crippen LogP contribution in [-0.4, -0.2) is 46.2 Å². The van der Waals surface area contributed by atoms with Crippen molar-refractivity contribution in [1.82, 2.24) is 4.90 Å². The SMILES string of the molecule is CCC(C)[C@@H](C(=O)O)N(C)C(O)OC(C)(C)C. The van der Waals surface area contributed by atoms with Crippen molar-refractivity contribution in [2.24, 2.45) is 5.92 Å². The maximum atomic E-state index is 11.2. The highest BCUT2D eigenvalue weighted by molar-refractivity contribution is 5.73. The molecule has 0 aliphatic rings. The third-order valence-electron chi connectivity index (χ3n) is 2.68. The number of hydrogen-bond acceptors (Lipinski definition) is 4. The highest BCUT2D eigenvalue weighted by Gasteiger charge is 2.33. The summed E-state index contributed by atoms with van der Waals surface area (Å²) >= 11 is 0. The molecule has 0 aromatic heterocycles. The minimum atomic E-state index is -1.22. The highest BCUT2D eigenvalue weighted by Crippen LogP contribution is 2.19. The lowest BCUT2D eigenvalue weighted by Gasteiger charge is -2.35. The van der Waals surface area contributed by atoms with Crippen LogP contribution in [0.4, 0.5) is 0 Å². The Morgan fingerprint density at radius 3 is 2.18 bits per heavy atom. The molecule has 0 saturated heterocycles. The molecular formula is C12H25NO4. The number of carbonyl (C=O) groups is 1. The maximum absolute atomic E-state index is 11.2. The number of rotatable bonds is 6. The predicted molar refractivity (Wildman–Crippen MR) is 65.5 cm³/mol. The van der Waals surface area contributed by atoms with Gasteiger partial charge in [-0.1, -0.05) is 20.3 Å². The van der Waals surface area contributed by atoms with Crippen molar-refractivity contribution in [3.63, 3.8) is 0 Å². The number of nitrogens with zero attached hydrogens (tertiary/aromatic N) is 1. The summed E-state index contributed by atoms with van der Waals surface area (Å²) in [4.78, 5) is 12.6. The van der Waals surface area contributed by atoms with Crippen LogP contribution in [0.3, 0.4) is 0 Å². The number of aliphatic hydroxyl groups is 1. The van der Waals surface area contributed by atoms with Gasteiger partial charge in [-0.05, 0) is 33.7 Å². The monoisotopic (exact) mass is 247 g/mol. The number of carboxylic acid groups (broad SMARTS) is 1. The zero-order valence-electron chi connectivity index (χ0n) is 11.6. The Morgan fingerprint density at radius 1 is 1.41 bits per heavy atom. The van der Waals surface area contributed by atoms with E-state index in [1.165, 1.54) is 4.90 Å². The topological polar surface area (TPSA) is 70.0 Å². The van der Waals surface area contributed by atoms with E-state index in [4.69, 9.17) is 4.74 Å². The van der Waals surface area contributed by atoms with Crippen molar-refractivity contribution in [2.45, 2.75) is 59.1 Å². The molecule has 0 aromatic carbocycles. The molecule has 0 radical (unpaired) electrons. The van der Waals surface area contributed by atoms with Gasteiger partial charge in [-0.3, -0.25) is 4.79 Å². The lowest BCUT2D eigenvalue weighted by Crippen LogP contribution is -2.51. The van der Waals surface area contributed by atoms with E-state index in [1.807, 2.05) is 34.6 Å². The first kappa shape index (κ1) is 16.4. The average Bonchev–Trinajstić information content (AvgIpc) is 2.14. The van der Waals surface area contributed by atoms with Gasteiger partial charge in [-0.25, -0.2) is 4.90 Å². The fourth-order valence-corrected chi connectivity index (χ4v) is 1.58. The first-order valence-corrected chi connectivity index (χ1v) is 5.90. The second kappa shape index (κ2) is 6.33. The van der Waals surface area contributed by atoms with Gasteiger partial charge in [-0.15, -0.1) is 0 Å². The summed E-state index contributed by atoms with van der Waals surface area (Å²) in [6.45, 7) is 9.19. The predicted octanol–water partition coefficient (Wildman–Crippen LogP) is 1.51. The van der Waals surface area contributed by atoms with E-state index in [2.05, 4.69) is 0 Å². The summed E-state index contributed by atoms with van der Waals surface area (Å²) in [7, 11) is 1.56. The molecule has 5 heteroatoms. The quantitative estimate of drug-likeness (QED) is 0.696. The normalized spacial score (nSPS) is 17.9. The van der Waals surface area contributed by atoms with E-state index in [0.717, 1.165) is 6.42 Å². The Balaban J connectivity index is 4.72. The molecule has 102 valence electrons. The van der Waals surface area contributed by atoms with Crippen molar-refractivity contribution >= 4 is 5.97 Å². The van der Waals surface area contributed by atoms with Gasteiger partial charge >= 0.3 is 5.97 Å². The Bertz CT molecular complexity index is 249. The fourth-order valence-electron chi connectivity index (χ4n) is 1.58. The molecule has 0 spiro atoms. The van der Waals surface area contributed by atoms with E-state index in [9.17, 15) is 15.0 Å².